The summed E-state index contributed by atoms with van der Waals surface area (Å²) in [6, 6.07) is 28.8. The van der Waals surface area contributed by atoms with E-state index in [4.69, 9.17) is 28.7 Å². The molecule has 0 saturated carbocycles. The SMILES string of the molecule is C.C.CC(C)(C)c1ccc(N)cc1.CC(F)(F)c1cc(N)ccc1F.CC(F)(F)c1ccc(N)cc1.CC(F)(F)c1cccc(CN)c1.CCc1ccc(N)cc1Br. The first-order valence-electron chi connectivity index (χ1n) is 17.4. The Kier molecular flexibility index (Phi) is 23.1. The van der Waals surface area contributed by atoms with Crippen LogP contribution < -0.4 is 28.7 Å². The van der Waals surface area contributed by atoms with Crippen molar-refractivity contribution in [3.8, 4) is 0 Å². The van der Waals surface area contributed by atoms with Crippen LogP contribution in [0.25, 0.3) is 0 Å². The van der Waals surface area contributed by atoms with Gasteiger partial charge in [0, 0.05) is 65.7 Å². The molecule has 10 N–H and O–H groups in total. The molecule has 0 amide bonds. The zero-order chi connectivity index (χ0) is 43.1. The number of rotatable bonds is 5. The summed E-state index contributed by atoms with van der Waals surface area (Å²) in [6.07, 6.45) is 1.04. The minimum atomic E-state index is -3.18. The highest BCUT2D eigenvalue weighted by Crippen LogP contribution is 2.31. The van der Waals surface area contributed by atoms with E-state index in [-0.39, 0.29) is 37.1 Å². The molecule has 0 radical (unpaired) electrons. The molecule has 0 unspecified atom stereocenters. The smallest absolute Gasteiger partial charge is 0.273 e. The second-order valence-corrected chi connectivity index (χ2v) is 14.9. The van der Waals surface area contributed by atoms with E-state index in [1.165, 1.54) is 53.6 Å². The van der Waals surface area contributed by atoms with Gasteiger partial charge in [-0.15, -0.1) is 0 Å². The lowest BCUT2D eigenvalue weighted by Crippen LogP contribution is -2.10. The maximum atomic E-state index is 12.7. The molecule has 5 aromatic carbocycles. The molecule has 0 aliphatic rings. The molecule has 0 aliphatic heterocycles. The van der Waals surface area contributed by atoms with Crippen molar-refractivity contribution >= 4 is 38.7 Å². The van der Waals surface area contributed by atoms with Gasteiger partial charge in [0.1, 0.15) is 5.82 Å². The van der Waals surface area contributed by atoms with E-state index in [2.05, 4.69) is 55.8 Å². The molecular weight excluding hydrogens is 823 g/mol. The number of hydrogen-bond donors (Lipinski definition) is 5. The zero-order valence-corrected chi connectivity index (χ0v) is 34.3. The van der Waals surface area contributed by atoms with E-state index in [1.807, 2.05) is 30.3 Å². The van der Waals surface area contributed by atoms with Gasteiger partial charge in [-0.3, -0.25) is 0 Å². The van der Waals surface area contributed by atoms with Gasteiger partial charge in [-0.2, -0.15) is 0 Å². The fraction of sp³-hybridized carbons (Fsp3) is 0.333. The van der Waals surface area contributed by atoms with Crippen molar-refractivity contribution in [2.45, 2.75) is 99.5 Å². The Labute approximate surface area is 349 Å². The Bertz CT molecular complexity index is 1860. The highest BCUT2D eigenvalue weighted by atomic mass is 79.9. The van der Waals surface area contributed by atoms with Gasteiger partial charge in [0.05, 0.1) is 5.56 Å². The molecular formula is C45H61BrF7N5. The summed E-state index contributed by atoms with van der Waals surface area (Å²) in [5.74, 6) is -9.66. The van der Waals surface area contributed by atoms with Gasteiger partial charge in [-0.25, -0.2) is 30.7 Å². The van der Waals surface area contributed by atoms with Crippen LogP contribution in [0.3, 0.4) is 0 Å². The van der Waals surface area contributed by atoms with Gasteiger partial charge in [0.25, 0.3) is 17.8 Å². The molecule has 0 saturated heterocycles. The standard InChI is InChI=1S/C10H15N.C9H11F2N.C8H10BrN.C8H8F3N.C8H9F2N.2CH4/c1-10(2,3)8-4-6-9(11)7-5-8;1-9(10,11)8-4-2-3-7(5-8)6-12;1-2-6-3-4-7(10)5-8(6)9;1-8(10,11)6-4-5(12)2-3-7(6)9;1-8(9,10)6-2-4-7(11)5-3-6;;/h4-7H,11H2,1-3H3;2-5H,6,12H2,1H3;3-5H,2,10H2,1H3;2-4H,12H2,1H3;2-5H,11H2,1H3;2*1H4. The number of halogens is 8. The van der Waals surface area contributed by atoms with Crippen molar-refractivity contribution in [3.63, 3.8) is 0 Å². The molecule has 0 aliphatic carbocycles. The average molecular weight is 885 g/mol. The van der Waals surface area contributed by atoms with Crippen LogP contribution in [0.4, 0.5) is 53.5 Å². The molecule has 0 aromatic heterocycles. The molecule has 0 bridgehead atoms. The van der Waals surface area contributed by atoms with E-state index in [0.29, 0.717) is 19.2 Å². The van der Waals surface area contributed by atoms with Gasteiger partial charge in [0.15, 0.2) is 0 Å². The molecule has 0 spiro atoms. The van der Waals surface area contributed by atoms with E-state index in [9.17, 15) is 30.7 Å². The largest absolute Gasteiger partial charge is 0.399 e. The van der Waals surface area contributed by atoms with E-state index < -0.39 is 29.1 Å². The van der Waals surface area contributed by atoms with Crippen LogP contribution in [-0.2, 0) is 36.1 Å². The first kappa shape index (κ1) is 55.3. The van der Waals surface area contributed by atoms with Crippen LogP contribution in [0.5, 0.6) is 0 Å². The first-order chi connectivity index (χ1) is 25.7. The Morgan fingerprint density at radius 3 is 1.33 bits per heavy atom. The van der Waals surface area contributed by atoms with Gasteiger partial charge >= 0.3 is 0 Å². The number of benzene rings is 5. The summed E-state index contributed by atoms with van der Waals surface area (Å²) >= 11 is 3.43. The predicted molar refractivity (Wildman–Crippen MR) is 236 cm³/mol. The normalized spacial score (nSPS) is 10.9. The number of nitrogen functional groups attached to an aromatic ring is 4. The summed E-state index contributed by atoms with van der Waals surface area (Å²) in [7, 11) is 0. The van der Waals surface area contributed by atoms with E-state index in [1.54, 1.807) is 12.1 Å². The Morgan fingerprint density at radius 2 is 0.948 bits per heavy atom. The van der Waals surface area contributed by atoms with Crippen molar-refractivity contribution < 1.29 is 30.7 Å². The van der Waals surface area contributed by atoms with Crippen molar-refractivity contribution in [2.75, 3.05) is 22.9 Å². The minimum Gasteiger partial charge on any atom is -0.399 e. The highest BCUT2D eigenvalue weighted by Gasteiger charge is 2.28. The molecule has 13 heteroatoms. The van der Waals surface area contributed by atoms with Crippen LogP contribution in [0.2, 0.25) is 0 Å². The van der Waals surface area contributed by atoms with Crippen molar-refractivity contribution in [1.29, 1.82) is 0 Å². The topological polar surface area (TPSA) is 130 Å². The van der Waals surface area contributed by atoms with Crippen LogP contribution in [0.15, 0.2) is 114 Å². The fourth-order valence-electron chi connectivity index (χ4n) is 4.46. The third-order valence-electron chi connectivity index (χ3n) is 7.79. The average Bonchev–Trinajstić information content (AvgIpc) is 3.09. The summed E-state index contributed by atoms with van der Waals surface area (Å²) in [6.45, 7) is 11.4. The van der Waals surface area contributed by atoms with Crippen molar-refractivity contribution in [3.05, 3.63) is 153 Å². The maximum absolute atomic E-state index is 12.7. The number of alkyl halides is 6. The molecule has 5 nitrogen and oxygen atoms in total. The maximum Gasteiger partial charge on any atom is 0.273 e. The van der Waals surface area contributed by atoms with E-state index in [0.717, 1.165) is 53.8 Å². The number of anilines is 4. The van der Waals surface area contributed by atoms with Gasteiger partial charge in [0.2, 0.25) is 0 Å². The van der Waals surface area contributed by atoms with E-state index >= 15 is 0 Å². The summed E-state index contributed by atoms with van der Waals surface area (Å²) < 4.78 is 89.6. The minimum absolute atomic E-state index is 0. The molecule has 5 rings (SSSR count). The molecule has 322 valence electrons. The predicted octanol–water partition coefficient (Wildman–Crippen LogP) is 13.6. The van der Waals surface area contributed by atoms with Crippen LogP contribution in [0.1, 0.15) is 96.7 Å². The van der Waals surface area contributed by atoms with Gasteiger partial charge < -0.3 is 28.7 Å². The number of nitrogens with two attached hydrogens (primary N) is 5. The lowest BCUT2D eigenvalue weighted by atomic mass is 9.87. The molecule has 58 heavy (non-hydrogen) atoms. The first-order valence-corrected chi connectivity index (χ1v) is 18.2. The monoisotopic (exact) mass is 883 g/mol. The molecule has 0 fully saturated rings. The lowest BCUT2D eigenvalue weighted by molar-refractivity contribution is 0.0136. The third-order valence-corrected chi connectivity index (χ3v) is 8.52. The second kappa shape index (κ2) is 24.2. The van der Waals surface area contributed by atoms with Crippen molar-refractivity contribution in [2.24, 2.45) is 5.73 Å². The number of hydrogen-bond acceptors (Lipinski definition) is 5. The number of aryl methyl sites for hydroxylation is 1. The van der Waals surface area contributed by atoms with Gasteiger partial charge in [-0.05, 0) is 89.2 Å². The van der Waals surface area contributed by atoms with Gasteiger partial charge in [-0.1, -0.05) is 107 Å². The van der Waals surface area contributed by atoms with Crippen molar-refractivity contribution in [1.82, 2.24) is 0 Å². The quantitative estimate of drug-likeness (QED) is 0.0886. The zero-order valence-electron chi connectivity index (χ0n) is 32.7. The highest BCUT2D eigenvalue weighted by molar-refractivity contribution is 9.10. The third kappa shape index (κ3) is 20.6. The molecule has 0 atom stereocenters. The Hall–Kier alpha value is -4.75. The Balaban J connectivity index is 0. The molecule has 5 aromatic rings. The lowest BCUT2D eigenvalue weighted by Gasteiger charge is -2.18. The second-order valence-electron chi connectivity index (χ2n) is 14.0. The summed E-state index contributed by atoms with van der Waals surface area (Å²) in [4.78, 5) is 0. The van der Waals surface area contributed by atoms with Crippen LogP contribution in [-0.4, -0.2) is 0 Å². The Morgan fingerprint density at radius 1 is 0.517 bits per heavy atom. The fourth-order valence-corrected chi connectivity index (χ4v) is 5.14. The summed E-state index contributed by atoms with van der Waals surface area (Å²) in [5, 5.41) is 0. The summed E-state index contributed by atoms with van der Waals surface area (Å²) in [5.41, 5.74) is 32.2. The van der Waals surface area contributed by atoms with Crippen LogP contribution in [0, 0.1) is 5.82 Å². The van der Waals surface area contributed by atoms with Crippen LogP contribution >= 0.6 is 15.9 Å². The molecule has 0 heterocycles.